The van der Waals surface area contributed by atoms with Crippen molar-refractivity contribution in [2.45, 2.75) is 52.9 Å². The van der Waals surface area contributed by atoms with Crippen molar-refractivity contribution in [2.75, 3.05) is 32.1 Å². The highest BCUT2D eigenvalue weighted by atomic mass is 28.3. The van der Waals surface area contributed by atoms with Crippen molar-refractivity contribution < 1.29 is 27.6 Å². The maximum Gasteiger partial charge on any atom is 0.280 e. The zero-order chi connectivity index (χ0) is 29.9. The number of carbonyl (C=O) groups is 1. The number of hydroxylamine groups is 2. The van der Waals surface area contributed by atoms with Crippen LogP contribution in [0.4, 0.5) is 14.5 Å². The highest BCUT2D eigenvalue weighted by molar-refractivity contribution is 6.80. The van der Waals surface area contributed by atoms with E-state index in [1.54, 1.807) is 0 Å². The van der Waals surface area contributed by atoms with Crippen LogP contribution in [0.3, 0.4) is 0 Å². The van der Waals surface area contributed by atoms with Gasteiger partial charge in [-0.1, -0.05) is 81.4 Å². The topological polar surface area (TPSA) is 51.2 Å². The highest BCUT2D eigenvalue weighted by Crippen LogP contribution is 2.44. The third kappa shape index (κ3) is 6.86. The Bertz CT molecular complexity index is 1290. The third-order valence-electron chi connectivity index (χ3n) is 7.28. The number of anilines is 1. The molecule has 1 fully saturated rings. The van der Waals surface area contributed by atoms with Gasteiger partial charge in [-0.05, 0) is 35.7 Å². The summed E-state index contributed by atoms with van der Waals surface area (Å²) in [5.74, 6) is -3.07. The smallest absolute Gasteiger partial charge is 0.280 e. The Balaban J connectivity index is 1.95. The van der Waals surface area contributed by atoms with Gasteiger partial charge in [-0.25, -0.2) is 13.8 Å². The fourth-order valence-corrected chi connectivity index (χ4v) is 8.08. The highest BCUT2D eigenvalue weighted by Gasteiger charge is 2.39. The molecule has 4 rings (SSSR count). The number of ether oxygens (including phenoxy) is 1. The molecule has 0 aromatic heterocycles. The van der Waals surface area contributed by atoms with Gasteiger partial charge < -0.3 is 14.1 Å². The second kappa shape index (κ2) is 12.8. The minimum Gasteiger partial charge on any atom is -0.403 e. The SMILES string of the molecule is CON(C)C(=O)c1cc(C(O[SiH](c2ccccc2)c2ccccc2)C(C)(C)C)c(N2CC(C)OC(C)C2)c(F)c1F. The summed E-state index contributed by atoms with van der Waals surface area (Å²) >= 11 is 0. The van der Waals surface area contributed by atoms with Gasteiger partial charge in [0.25, 0.3) is 5.91 Å². The summed E-state index contributed by atoms with van der Waals surface area (Å²) in [6.07, 6.45) is -1.07. The van der Waals surface area contributed by atoms with Crippen LogP contribution in [0.1, 0.15) is 56.6 Å². The standard InChI is InChI=1S/C32H40F2N2O4Si/c1-21-19-36(20-22(2)39-21)29-26(18-25(27(33)28(29)34)31(37)35(6)38-7)30(32(3,4)5)40-41(23-14-10-8-11-15-23)24-16-12-9-13-17-24/h8-18,21-22,30,41H,19-20H2,1-7H3. The Morgan fingerprint density at radius 1 is 0.976 bits per heavy atom. The molecule has 0 radical (unpaired) electrons. The van der Waals surface area contributed by atoms with Crippen LogP contribution < -0.4 is 15.3 Å². The van der Waals surface area contributed by atoms with Crippen LogP contribution in [0.15, 0.2) is 66.7 Å². The molecule has 1 heterocycles. The zero-order valence-corrected chi connectivity index (χ0v) is 26.0. The molecular formula is C32H40F2N2O4Si. The molecule has 6 nitrogen and oxygen atoms in total. The predicted molar refractivity (Wildman–Crippen MR) is 160 cm³/mol. The quantitative estimate of drug-likeness (QED) is 0.281. The molecule has 9 heteroatoms. The van der Waals surface area contributed by atoms with Crippen molar-refractivity contribution in [1.82, 2.24) is 5.06 Å². The van der Waals surface area contributed by atoms with Gasteiger partial charge in [-0.2, -0.15) is 0 Å². The van der Waals surface area contributed by atoms with Crippen molar-refractivity contribution in [3.05, 3.63) is 89.5 Å². The van der Waals surface area contributed by atoms with Crippen molar-refractivity contribution in [3.8, 4) is 0 Å². The maximum atomic E-state index is 16.3. The minimum absolute atomic E-state index is 0.106. The van der Waals surface area contributed by atoms with Crippen LogP contribution in [0.5, 0.6) is 0 Å². The zero-order valence-electron chi connectivity index (χ0n) is 24.9. The Kier molecular flexibility index (Phi) is 9.64. The number of amides is 1. The molecule has 0 spiro atoms. The molecule has 1 aliphatic heterocycles. The average Bonchev–Trinajstić information content (AvgIpc) is 2.94. The van der Waals surface area contributed by atoms with E-state index in [0.717, 1.165) is 15.4 Å². The van der Waals surface area contributed by atoms with Gasteiger partial charge in [-0.3, -0.25) is 9.63 Å². The van der Waals surface area contributed by atoms with E-state index >= 15 is 8.78 Å². The summed E-state index contributed by atoms with van der Waals surface area (Å²) < 4.78 is 45.0. The summed E-state index contributed by atoms with van der Waals surface area (Å²) in [6, 6.07) is 21.5. The molecule has 3 aromatic rings. The minimum atomic E-state index is -2.34. The lowest BCUT2D eigenvalue weighted by Gasteiger charge is -2.41. The number of nitrogens with zero attached hydrogens (tertiary/aromatic N) is 2. The van der Waals surface area contributed by atoms with Gasteiger partial charge in [0.05, 0.1) is 36.7 Å². The third-order valence-corrected chi connectivity index (χ3v) is 9.81. The maximum absolute atomic E-state index is 16.3. The number of benzene rings is 3. The Morgan fingerprint density at radius 2 is 1.49 bits per heavy atom. The molecule has 1 amide bonds. The molecule has 0 N–H and O–H groups in total. The lowest BCUT2D eigenvalue weighted by molar-refractivity contribution is -0.0760. The van der Waals surface area contributed by atoms with Crippen LogP contribution >= 0.6 is 0 Å². The van der Waals surface area contributed by atoms with Crippen molar-refractivity contribution >= 4 is 31.0 Å². The van der Waals surface area contributed by atoms with Crippen molar-refractivity contribution in [2.24, 2.45) is 5.41 Å². The molecule has 3 aromatic carbocycles. The van der Waals surface area contributed by atoms with E-state index < -0.39 is 43.7 Å². The Labute approximate surface area is 243 Å². The van der Waals surface area contributed by atoms with Gasteiger partial charge in [0.15, 0.2) is 11.6 Å². The molecule has 3 atom stereocenters. The van der Waals surface area contributed by atoms with E-state index in [-0.39, 0.29) is 17.9 Å². The average molecular weight is 583 g/mol. The largest absolute Gasteiger partial charge is 0.403 e. The number of carbonyl (C=O) groups excluding carboxylic acids is 1. The molecular weight excluding hydrogens is 542 g/mol. The van der Waals surface area contributed by atoms with Gasteiger partial charge in [0.2, 0.25) is 9.04 Å². The summed E-state index contributed by atoms with van der Waals surface area (Å²) in [7, 11) is 0.326. The predicted octanol–water partition coefficient (Wildman–Crippen LogP) is 4.85. The number of morpholine rings is 1. The summed E-state index contributed by atoms with van der Waals surface area (Å²) in [5, 5.41) is 3.00. The number of hydrogen-bond acceptors (Lipinski definition) is 5. The van der Waals surface area contributed by atoms with Crippen LogP contribution in [-0.2, 0) is 14.0 Å². The van der Waals surface area contributed by atoms with Crippen LogP contribution in [0, 0.1) is 17.0 Å². The van der Waals surface area contributed by atoms with E-state index in [4.69, 9.17) is 14.0 Å². The van der Waals surface area contributed by atoms with Gasteiger partial charge in [-0.15, -0.1) is 0 Å². The lowest BCUT2D eigenvalue weighted by atomic mass is 9.83. The van der Waals surface area contributed by atoms with E-state index in [9.17, 15) is 4.79 Å². The second-order valence-corrected chi connectivity index (χ2v) is 14.1. The molecule has 0 saturated carbocycles. The summed E-state index contributed by atoms with van der Waals surface area (Å²) in [6.45, 7) is 10.6. The first-order valence-corrected chi connectivity index (χ1v) is 15.5. The molecule has 1 aliphatic rings. The first-order valence-electron chi connectivity index (χ1n) is 13.9. The Hall–Kier alpha value is -3.11. The normalized spacial score (nSPS) is 18.4. The fraction of sp³-hybridized carbons (Fsp3) is 0.406. The fourth-order valence-electron chi connectivity index (χ4n) is 5.41. The summed E-state index contributed by atoms with van der Waals surface area (Å²) in [4.78, 5) is 20.0. The van der Waals surface area contributed by atoms with E-state index in [1.807, 2.05) is 100 Å². The molecule has 1 saturated heterocycles. The second-order valence-electron chi connectivity index (χ2n) is 11.7. The number of rotatable bonds is 8. The van der Waals surface area contributed by atoms with Gasteiger partial charge in [0.1, 0.15) is 0 Å². The molecule has 3 unspecified atom stereocenters. The van der Waals surface area contributed by atoms with Crippen molar-refractivity contribution in [3.63, 3.8) is 0 Å². The van der Waals surface area contributed by atoms with E-state index in [1.165, 1.54) is 20.2 Å². The van der Waals surface area contributed by atoms with Crippen LogP contribution in [0.25, 0.3) is 0 Å². The van der Waals surface area contributed by atoms with Crippen molar-refractivity contribution in [1.29, 1.82) is 0 Å². The van der Waals surface area contributed by atoms with Gasteiger partial charge in [0, 0.05) is 25.7 Å². The number of hydrogen-bond donors (Lipinski definition) is 0. The van der Waals surface area contributed by atoms with E-state index in [2.05, 4.69) is 0 Å². The molecule has 0 aliphatic carbocycles. The monoisotopic (exact) mass is 582 g/mol. The summed E-state index contributed by atoms with van der Waals surface area (Å²) in [5.41, 5.74) is -0.426. The van der Waals surface area contributed by atoms with Crippen LogP contribution in [0.2, 0.25) is 0 Å². The first-order chi connectivity index (χ1) is 19.4. The first kappa shape index (κ1) is 30.8. The molecule has 41 heavy (non-hydrogen) atoms. The molecule has 0 bridgehead atoms. The van der Waals surface area contributed by atoms with E-state index in [0.29, 0.717) is 18.7 Å². The number of halogens is 2. The Morgan fingerprint density at radius 3 is 1.95 bits per heavy atom. The molecule has 220 valence electrons. The lowest BCUT2D eigenvalue weighted by Crippen LogP contribution is -2.48. The van der Waals surface area contributed by atoms with Gasteiger partial charge >= 0.3 is 0 Å². The van der Waals surface area contributed by atoms with Crippen LogP contribution in [-0.4, -0.2) is 59.5 Å².